The van der Waals surface area contributed by atoms with Crippen LogP contribution in [0.3, 0.4) is 0 Å². The van der Waals surface area contributed by atoms with E-state index in [2.05, 4.69) is 31.6 Å². The lowest BCUT2D eigenvalue weighted by atomic mass is 9.75. The van der Waals surface area contributed by atoms with E-state index in [-0.39, 0.29) is 11.5 Å². The zero-order chi connectivity index (χ0) is 19.0. The smallest absolute Gasteiger partial charge is 0.227 e. The summed E-state index contributed by atoms with van der Waals surface area (Å²) >= 11 is 0. The summed E-state index contributed by atoms with van der Waals surface area (Å²) in [5, 5.41) is 0. The second kappa shape index (κ2) is 7.36. The van der Waals surface area contributed by atoms with Crippen LogP contribution >= 0.6 is 0 Å². The van der Waals surface area contributed by atoms with E-state index in [1.54, 1.807) is 7.11 Å². The standard InChI is InChI=1S/C20H31N5O2/c1-4-15-11-21-19(22-12-15)25-7-5-20(6-8-25)17-14-24(9-10-27-3)13-16(17)18(26)23(20)2/h11-12,16-17H,4-10,13-14H2,1-3H3/t16-,17+/m0/s1. The van der Waals surface area contributed by atoms with Crippen LogP contribution < -0.4 is 4.90 Å². The maximum atomic E-state index is 12.9. The first kappa shape index (κ1) is 18.6. The van der Waals surface area contributed by atoms with E-state index in [1.807, 2.05) is 19.4 Å². The molecule has 1 spiro atoms. The average Bonchev–Trinajstić information content (AvgIpc) is 3.22. The van der Waals surface area contributed by atoms with Gasteiger partial charge in [0, 0.05) is 65.2 Å². The number of carbonyl (C=O) groups excluding carboxylic acids is 1. The predicted octanol–water partition coefficient (Wildman–Crippen LogP) is 1.04. The van der Waals surface area contributed by atoms with Gasteiger partial charge in [0.1, 0.15) is 0 Å². The molecule has 0 radical (unpaired) electrons. The molecule has 148 valence electrons. The van der Waals surface area contributed by atoms with Crippen molar-refractivity contribution in [2.45, 2.75) is 31.7 Å². The summed E-state index contributed by atoms with van der Waals surface area (Å²) in [4.78, 5) is 28.8. The minimum Gasteiger partial charge on any atom is -0.383 e. The Morgan fingerprint density at radius 1 is 1.22 bits per heavy atom. The van der Waals surface area contributed by atoms with Gasteiger partial charge in [-0.05, 0) is 24.8 Å². The molecule has 27 heavy (non-hydrogen) atoms. The predicted molar refractivity (Wildman–Crippen MR) is 104 cm³/mol. The Labute approximate surface area is 161 Å². The zero-order valence-electron chi connectivity index (χ0n) is 16.7. The monoisotopic (exact) mass is 373 g/mol. The van der Waals surface area contributed by atoms with Crippen LogP contribution in [0.2, 0.25) is 0 Å². The van der Waals surface area contributed by atoms with Gasteiger partial charge in [-0.15, -0.1) is 0 Å². The zero-order valence-corrected chi connectivity index (χ0v) is 16.7. The highest BCUT2D eigenvalue weighted by molar-refractivity contribution is 5.83. The topological polar surface area (TPSA) is 61.8 Å². The molecule has 4 heterocycles. The Kier molecular flexibility index (Phi) is 5.07. The number of methoxy groups -OCH3 is 1. The summed E-state index contributed by atoms with van der Waals surface area (Å²) in [6.45, 7) is 7.46. The van der Waals surface area contributed by atoms with E-state index < -0.39 is 0 Å². The van der Waals surface area contributed by atoms with E-state index >= 15 is 0 Å². The van der Waals surface area contributed by atoms with Crippen molar-refractivity contribution >= 4 is 11.9 Å². The number of anilines is 1. The summed E-state index contributed by atoms with van der Waals surface area (Å²) in [7, 11) is 3.75. The van der Waals surface area contributed by atoms with Gasteiger partial charge in [0.15, 0.2) is 0 Å². The lowest BCUT2D eigenvalue weighted by molar-refractivity contribution is -0.133. The fourth-order valence-corrected chi connectivity index (χ4v) is 5.29. The molecule has 3 saturated heterocycles. The molecule has 0 N–H and O–H groups in total. The number of likely N-dealkylation sites (tertiary alicyclic amines) is 2. The van der Waals surface area contributed by atoms with Crippen LogP contribution in [0, 0.1) is 11.8 Å². The second-order valence-electron chi connectivity index (χ2n) is 8.20. The lowest BCUT2D eigenvalue weighted by Crippen LogP contribution is -2.56. The van der Waals surface area contributed by atoms with Crippen molar-refractivity contribution in [3.63, 3.8) is 0 Å². The number of amides is 1. The van der Waals surface area contributed by atoms with E-state index in [4.69, 9.17) is 4.74 Å². The van der Waals surface area contributed by atoms with Crippen LogP contribution in [0.1, 0.15) is 25.3 Å². The first-order chi connectivity index (χ1) is 13.1. The van der Waals surface area contributed by atoms with Gasteiger partial charge in [0.2, 0.25) is 11.9 Å². The van der Waals surface area contributed by atoms with Crippen LogP contribution in [0.25, 0.3) is 0 Å². The molecule has 4 rings (SSSR count). The van der Waals surface area contributed by atoms with Gasteiger partial charge >= 0.3 is 0 Å². The van der Waals surface area contributed by atoms with Crippen molar-refractivity contribution in [2.24, 2.45) is 11.8 Å². The van der Waals surface area contributed by atoms with Gasteiger partial charge in [0.25, 0.3) is 0 Å². The van der Waals surface area contributed by atoms with Crippen molar-refractivity contribution in [3.8, 4) is 0 Å². The summed E-state index contributed by atoms with van der Waals surface area (Å²) in [6, 6.07) is 0. The van der Waals surface area contributed by atoms with Crippen molar-refractivity contribution < 1.29 is 9.53 Å². The number of fused-ring (bicyclic) bond motifs is 2. The van der Waals surface area contributed by atoms with Gasteiger partial charge in [0.05, 0.1) is 18.1 Å². The van der Waals surface area contributed by atoms with Crippen LogP contribution in [0.15, 0.2) is 12.4 Å². The number of hydrogen-bond acceptors (Lipinski definition) is 6. The number of carbonyl (C=O) groups is 1. The molecule has 2 atom stereocenters. The summed E-state index contributed by atoms with van der Waals surface area (Å²) in [5.41, 5.74) is 1.15. The molecular weight excluding hydrogens is 342 g/mol. The summed E-state index contributed by atoms with van der Waals surface area (Å²) in [5.74, 6) is 1.73. The van der Waals surface area contributed by atoms with Gasteiger partial charge < -0.3 is 14.5 Å². The van der Waals surface area contributed by atoms with Crippen molar-refractivity contribution in [2.75, 3.05) is 58.4 Å². The number of ether oxygens (including phenoxy) is 1. The highest BCUT2D eigenvalue weighted by Crippen LogP contribution is 2.49. The number of aromatic nitrogens is 2. The Morgan fingerprint density at radius 3 is 2.56 bits per heavy atom. The van der Waals surface area contributed by atoms with E-state index in [1.165, 1.54) is 5.56 Å². The highest BCUT2D eigenvalue weighted by atomic mass is 16.5. The maximum absolute atomic E-state index is 12.9. The van der Waals surface area contributed by atoms with Crippen molar-refractivity contribution in [1.29, 1.82) is 0 Å². The molecule has 1 amide bonds. The first-order valence-corrected chi connectivity index (χ1v) is 10.1. The van der Waals surface area contributed by atoms with Crippen LogP contribution in [0.4, 0.5) is 5.95 Å². The number of hydrogen-bond donors (Lipinski definition) is 0. The fourth-order valence-electron chi connectivity index (χ4n) is 5.29. The third-order valence-electron chi connectivity index (χ3n) is 7.03. The Bertz CT molecular complexity index is 671. The van der Waals surface area contributed by atoms with Gasteiger partial charge in [-0.2, -0.15) is 0 Å². The van der Waals surface area contributed by atoms with Crippen molar-refractivity contribution in [1.82, 2.24) is 19.8 Å². The summed E-state index contributed by atoms with van der Waals surface area (Å²) in [6.07, 6.45) is 6.80. The van der Waals surface area contributed by atoms with E-state index in [0.717, 1.165) is 64.5 Å². The van der Waals surface area contributed by atoms with Gasteiger partial charge in [-0.1, -0.05) is 6.92 Å². The first-order valence-electron chi connectivity index (χ1n) is 10.1. The maximum Gasteiger partial charge on any atom is 0.227 e. The number of rotatable bonds is 5. The average molecular weight is 374 g/mol. The molecule has 3 aliphatic rings. The van der Waals surface area contributed by atoms with E-state index in [9.17, 15) is 4.79 Å². The highest BCUT2D eigenvalue weighted by Gasteiger charge is 2.60. The second-order valence-corrected chi connectivity index (χ2v) is 8.20. The quantitative estimate of drug-likeness (QED) is 0.769. The summed E-state index contributed by atoms with van der Waals surface area (Å²) < 4.78 is 5.23. The largest absolute Gasteiger partial charge is 0.383 e. The SMILES string of the molecule is CCc1cnc(N2CCC3(CC2)[C@@H]2CN(CCOC)C[C@@H]2C(=O)N3C)nc1. The number of nitrogens with zero attached hydrogens (tertiary/aromatic N) is 5. The third kappa shape index (κ3) is 3.10. The fraction of sp³-hybridized carbons (Fsp3) is 0.750. The number of aryl methyl sites for hydroxylation is 1. The molecule has 7 nitrogen and oxygen atoms in total. The molecule has 7 heteroatoms. The lowest BCUT2D eigenvalue weighted by Gasteiger charge is -2.46. The third-order valence-corrected chi connectivity index (χ3v) is 7.03. The normalized spacial score (nSPS) is 27.6. The molecule has 0 aliphatic carbocycles. The molecule has 0 bridgehead atoms. The molecule has 0 aromatic carbocycles. The Balaban J connectivity index is 1.46. The molecular formula is C20H31N5O2. The number of piperidine rings is 1. The van der Waals surface area contributed by atoms with Gasteiger partial charge in [-0.25, -0.2) is 9.97 Å². The molecule has 0 saturated carbocycles. The minimum atomic E-state index is -0.0105. The van der Waals surface area contributed by atoms with Gasteiger partial charge in [-0.3, -0.25) is 9.69 Å². The Hall–Kier alpha value is -1.73. The molecule has 3 aliphatic heterocycles. The molecule has 1 aromatic rings. The van der Waals surface area contributed by atoms with E-state index in [0.29, 0.717) is 11.8 Å². The van der Waals surface area contributed by atoms with Crippen molar-refractivity contribution in [3.05, 3.63) is 18.0 Å². The Morgan fingerprint density at radius 2 is 1.93 bits per heavy atom. The van der Waals surface area contributed by atoms with Crippen LogP contribution in [-0.4, -0.2) is 84.7 Å². The van der Waals surface area contributed by atoms with Crippen LogP contribution in [0.5, 0.6) is 0 Å². The molecule has 1 aromatic heterocycles. The van der Waals surface area contributed by atoms with Crippen LogP contribution in [-0.2, 0) is 16.0 Å². The molecule has 0 unspecified atom stereocenters. The molecule has 3 fully saturated rings. The minimum absolute atomic E-state index is 0.0105.